The van der Waals surface area contributed by atoms with E-state index >= 15 is 0 Å². The fourth-order valence-electron chi connectivity index (χ4n) is 3.98. The highest BCUT2D eigenvalue weighted by Crippen LogP contribution is 2.37. The van der Waals surface area contributed by atoms with Gasteiger partial charge in [0.15, 0.2) is 5.96 Å². The first kappa shape index (κ1) is 16.6. The number of para-hydroxylation sites is 1. The van der Waals surface area contributed by atoms with Crippen molar-refractivity contribution in [2.24, 2.45) is 16.5 Å². The van der Waals surface area contributed by atoms with Crippen molar-refractivity contribution in [3.63, 3.8) is 0 Å². The molecule has 0 radical (unpaired) electrons. The Hall–Kier alpha value is -2.86. The van der Waals surface area contributed by atoms with Crippen molar-refractivity contribution in [1.29, 1.82) is 0 Å². The number of ether oxygens (including phenoxy) is 1. The van der Waals surface area contributed by atoms with Crippen LogP contribution in [0.1, 0.15) is 34.8 Å². The summed E-state index contributed by atoms with van der Waals surface area (Å²) in [7, 11) is 0. The molecule has 1 aliphatic heterocycles. The van der Waals surface area contributed by atoms with E-state index in [4.69, 9.17) is 16.2 Å². The number of amides is 1. The van der Waals surface area contributed by atoms with E-state index in [2.05, 4.69) is 27.8 Å². The Morgan fingerprint density at radius 2 is 1.88 bits per heavy atom. The number of aryl methyl sites for hydroxylation is 1. The first-order valence-electron chi connectivity index (χ1n) is 8.81. The van der Waals surface area contributed by atoms with Crippen molar-refractivity contribution in [2.45, 2.75) is 25.8 Å². The van der Waals surface area contributed by atoms with Gasteiger partial charge in [0, 0.05) is 41.1 Å². The second-order valence-corrected chi connectivity index (χ2v) is 6.76. The number of guanidine groups is 1. The molecule has 6 nitrogen and oxygen atoms in total. The molecule has 1 aromatic heterocycles. The van der Waals surface area contributed by atoms with Gasteiger partial charge in [0.05, 0.1) is 5.52 Å². The summed E-state index contributed by atoms with van der Waals surface area (Å²) < 4.78 is 7.89. The number of rotatable bonds is 2. The van der Waals surface area contributed by atoms with Crippen LogP contribution in [0.15, 0.2) is 41.4 Å². The number of benzene rings is 2. The van der Waals surface area contributed by atoms with Crippen LogP contribution < -0.4 is 11.5 Å². The summed E-state index contributed by atoms with van der Waals surface area (Å²) in [5.41, 5.74) is 14.5. The molecule has 1 amide bonds. The number of fused-ring (bicyclic) bond motifs is 3. The summed E-state index contributed by atoms with van der Waals surface area (Å²) in [6, 6.07) is 12.5. The maximum atomic E-state index is 12.4. The molecule has 26 heavy (non-hydrogen) atoms. The lowest BCUT2D eigenvalue weighted by Crippen LogP contribution is -2.24. The van der Waals surface area contributed by atoms with Crippen molar-refractivity contribution < 1.29 is 9.53 Å². The Morgan fingerprint density at radius 1 is 1.15 bits per heavy atom. The fourth-order valence-corrected chi connectivity index (χ4v) is 3.98. The minimum Gasteiger partial charge on any atom is -0.381 e. The lowest BCUT2D eigenvalue weighted by atomic mass is 10.0. The largest absolute Gasteiger partial charge is 0.381 e. The number of nitrogens with two attached hydrogens (primary N) is 2. The third-order valence-corrected chi connectivity index (χ3v) is 5.04. The smallest absolute Gasteiger partial charge is 0.280 e. The van der Waals surface area contributed by atoms with Crippen LogP contribution in [0.4, 0.5) is 0 Å². The molecule has 0 bridgehead atoms. The Balaban J connectivity index is 2.01. The molecule has 0 atom stereocenters. The zero-order valence-electron chi connectivity index (χ0n) is 14.7. The standard InChI is InChI=1S/C20H22N4O2/c1-12-10-13(19(25)23-20(21)22)11-17-18(12)15-4-2-3-5-16(15)24(17)14-6-8-26-9-7-14/h2-5,10-11,14H,6-9H2,1H3,(H4,21,22,23,25). The average Bonchev–Trinajstić information content (AvgIpc) is 2.96. The second kappa shape index (κ2) is 6.46. The van der Waals surface area contributed by atoms with E-state index in [0.29, 0.717) is 11.6 Å². The zero-order chi connectivity index (χ0) is 18.3. The molecular weight excluding hydrogens is 328 g/mol. The molecule has 2 heterocycles. The molecule has 1 aliphatic rings. The predicted molar refractivity (Wildman–Crippen MR) is 103 cm³/mol. The molecule has 0 saturated carbocycles. The molecule has 1 fully saturated rings. The van der Waals surface area contributed by atoms with Gasteiger partial charge in [-0.3, -0.25) is 4.79 Å². The van der Waals surface area contributed by atoms with Gasteiger partial charge in [0.1, 0.15) is 0 Å². The lowest BCUT2D eigenvalue weighted by Gasteiger charge is -2.25. The summed E-state index contributed by atoms with van der Waals surface area (Å²) >= 11 is 0. The van der Waals surface area contributed by atoms with Gasteiger partial charge in [-0.15, -0.1) is 0 Å². The monoisotopic (exact) mass is 350 g/mol. The van der Waals surface area contributed by atoms with Gasteiger partial charge in [-0.05, 0) is 43.5 Å². The van der Waals surface area contributed by atoms with E-state index in [-0.39, 0.29) is 5.96 Å². The maximum Gasteiger partial charge on any atom is 0.280 e. The summed E-state index contributed by atoms with van der Waals surface area (Å²) in [5, 5.41) is 2.38. The highest BCUT2D eigenvalue weighted by molar-refractivity contribution is 6.12. The van der Waals surface area contributed by atoms with Gasteiger partial charge in [0.2, 0.25) is 0 Å². The van der Waals surface area contributed by atoms with Gasteiger partial charge in [0.25, 0.3) is 5.91 Å². The highest BCUT2D eigenvalue weighted by Gasteiger charge is 2.22. The number of carbonyl (C=O) groups excluding carboxylic acids is 1. The summed E-state index contributed by atoms with van der Waals surface area (Å²) in [4.78, 5) is 16.1. The molecule has 6 heteroatoms. The molecule has 4 N–H and O–H groups in total. The van der Waals surface area contributed by atoms with E-state index in [1.54, 1.807) is 0 Å². The quantitative estimate of drug-likeness (QED) is 0.549. The lowest BCUT2D eigenvalue weighted by molar-refractivity contribution is 0.0717. The van der Waals surface area contributed by atoms with E-state index in [0.717, 1.165) is 37.1 Å². The topological polar surface area (TPSA) is 95.6 Å². The Morgan fingerprint density at radius 3 is 2.62 bits per heavy atom. The summed E-state index contributed by atoms with van der Waals surface area (Å²) in [6.45, 7) is 3.53. The average molecular weight is 350 g/mol. The first-order valence-corrected chi connectivity index (χ1v) is 8.81. The maximum absolute atomic E-state index is 12.4. The van der Waals surface area contributed by atoms with Crippen molar-refractivity contribution in [3.8, 4) is 0 Å². The number of carbonyl (C=O) groups is 1. The van der Waals surface area contributed by atoms with Crippen molar-refractivity contribution in [2.75, 3.05) is 13.2 Å². The molecule has 0 unspecified atom stereocenters. The highest BCUT2D eigenvalue weighted by atomic mass is 16.5. The molecular formula is C20H22N4O2. The minimum atomic E-state index is -0.418. The van der Waals surface area contributed by atoms with Gasteiger partial charge in [-0.1, -0.05) is 18.2 Å². The SMILES string of the molecule is Cc1cc(C(=O)N=C(N)N)cc2c1c1ccccc1n2C1CCOCC1. The first-order chi connectivity index (χ1) is 12.6. The number of aliphatic imine (C=N–C) groups is 1. The molecule has 2 aromatic carbocycles. The molecule has 3 aromatic rings. The van der Waals surface area contributed by atoms with Crippen LogP contribution >= 0.6 is 0 Å². The fraction of sp³-hybridized carbons (Fsp3) is 0.300. The van der Waals surface area contributed by atoms with Gasteiger partial charge >= 0.3 is 0 Å². The molecule has 1 saturated heterocycles. The molecule has 0 spiro atoms. The van der Waals surface area contributed by atoms with Crippen molar-refractivity contribution in [3.05, 3.63) is 47.5 Å². The van der Waals surface area contributed by atoms with Crippen LogP contribution in [0.2, 0.25) is 0 Å². The van der Waals surface area contributed by atoms with Crippen LogP contribution in [-0.2, 0) is 4.74 Å². The Labute approximate surface area is 151 Å². The Kier molecular flexibility index (Phi) is 4.12. The molecule has 0 aliphatic carbocycles. The van der Waals surface area contributed by atoms with Crippen LogP contribution in [0.5, 0.6) is 0 Å². The van der Waals surface area contributed by atoms with Gasteiger partial charge < -0.3 is 20.8 Å². The van der Waals surface area contributed by atoms with Gasteiger partial charge in [-0.2, -0.15) is 4.99 Å². The normalized spacial score (nSPS) is 15.4. The second-order valence-electron chi connectivity index (χ2n) is 6.76. The van der Waals surface area contributed by atoms with Crippen LogP contribution in [0.25, 0.3) is 21.8 Å². The zero-order valence-corrected chi connectivity index (χ0v) is 14.7. The predicted octanol–water partition coefficient (Wildman–Crippen LogP) is 2.87. The van der Waals surface area contributed by atoms with E-state index in [1.807, 2.05) is 25.1 Å². The molecule has 134 valence electrons. The summed E-state index contributed by atoms with van der Waals surface area (Å²) in [5.74, 6) is -0.642. The third-order valence-electron chi connectivity index (χ3n) is 5.04. The molecule has 4 rings (SSSR count). The van der Waals surface area contributed by atoms with Crippen LogP contribution in [0, 0.1) is 6.92 Å². The van der Waals surface area contributed by atoms with Crippen LogP contribution in [-0.4, -0.2) is 29.6 Å². The van der Waals surface area contributed by atoms with Crippen molar-refractivity contribution >= 4 is 33.7 Å². The van der Waals surface area contributed by atoms with E-state index in [1.165, 1.54) is 16.3 Å². The number of hydrogen-bond donors (Lipinski definition) is 2. The summed E-state index contributed by atoms with van der Waals surface area (Å²) in [6.07, 6.45) is 1.91. The van der Waals surface area contributed by atoms with Crippen LogP contribution in [0.3, 0.4) is 0 Å². The van der Waals surface area contributed by atoms with Gasteiger partial charge in [-0.25, -0.2) is 0 Å². The number of aromatic nitrogens is 1. The van der Waals surface area contributed by atoms with Crippen molar-refractivity contribution in [1.82, 2.24) is 4.57 Å². The van der Waals surface area contributed by atoms with E-state index < -0.39 is 5.91 Å². The minimum absolute atomic E-state index is 0.224. The van der Waals surface area contributed by atoms with E-state index in [9.17, 15) is 4.79 Å². The Bertz CT molecular complexity index is 1030. The third kappa shape index (κ3) is 2.72. The number of nitrogens with zero attached hydrogens (tertiary/aromatic N) is 2. The number of hydrogen-bond acceptors (Lipinski definition) is 2.